The Labute approximate surface area is 115 Å². The normalized spacial score (nSPS) is 21.8. The minimum absolute atomic E-state index is 0.0358. The Morgan fingerprint density at radius 3 is 2.80 bits per heavy atom. The van der Waals surface area contributed by atoms with Crippen LogP contribution in [0, 0.1) is 16.0 Å². The van der Waals surface area contributed by atoms with Crippen molar-refractivity contribution in [1.29, 1.82) is 0 Å². The van der Waals surface area contributed by atoms with Crippen molar-refractivity contribution in [3.8, 4) is 5.75 Å². The lowest BCUT2D eigenvalue weighted by atomic mass is 10.0. The van der Waals surface area contributed by atoms with Gasteiger partial charge in [0.05, 0.1) is 12.0 Å². The molecule has 1 fully saturated rings. The van der Waals surface area contributed by atoms with E-state index < -0.39 is 16.9 Å². The summed E-state index contributed by atoms with van der Waals surface area (Å²) in [5.74, 6) is -0.711. The van der Waals surface area contributed by atoms with Crippen LogP contribution >= 0.6 is 0 Å². The van der Waals surface area contributed by atoms with Crippen LogP contribution in [0.15, 0.2) is 18.2 Å². The fourth-order valence-corrected chi connectivity index (χ4v) is 2.61. The van der Waals surface area contributed by atoms with Gasteiger partial charge in [-0.2, -0.15) is 0 Å². The van der Waals surface area contributed by atoms with Gasteiger partial charge in [-0.05, 0) is 18.4 Å². The molecule has 1 saturated heterocycles. The molecule has 0 saturated carbocycles. The summed E-state index contributed by atoms with van der Waals surface area (Å²) in [6, 6.07) is 3.82. The maximum Gasteiger partial charge on any atom is 0.326 e. The van der Waals surface area contributed by atoms with Crippen molar-refractivity contribution in [2.24, 2.45) is 5.92 Å². The minimum Gasteiger partial charge on any atom is -0.490 e. The van der Waals surface area contributed by atoms with Crippen molar-refractivity contribution in [1.82, 2.24) is 0 Å². The molecule has 2 unspecified atom stereocenters. The maximum atomic E-state index is 11.3. The Morgan fingerprint density at radius 1 is 1.55 bits per heavy atom. The first kappa shape index (κ1) is 14.1. The van der Waals surface area contributed by atoms with E-state index in [0.717, 1.165) is 6.42 Å². The number of nitro groups is 1. The van der Waals surface area contributed by atoms with Gasteiger partial charge in [-0.25, -0.2) is 4.79 Å². The highest BCUT2D eigenvalue weighted by Gasteiger charge is 2.37. The number of nitro benzene ring substituents is 1. The van der Waals surface area contributed by atoms with E-state index >= 15 is 0 Å². The number of hydrogen-bond acceptors (Lipinski definition) is 5. The van der Waals surface area contributed by atoms with Gasteiger partial charge in [0.2, 0.25) is 0 Å². The predicted octanol–water partition coefficient (Wildman–Crippen LogP) is 1.90. The maximum absolute atomic E-state index is 11.3. The molecule has 1 N–H and O–H groups in total. The lowest BCUT2D eigenvalue weighted by Crippen LogP contribution is -2.39. The van der Waals surface area contributed by atoms with E-state index in [2.05, 4.69) is 0 Å². The van der Waals surface area contributed by atoms with Gasteiger partial charge in [0, 0.05) is 24.4 Å². The first-order chi connectivity index (χ1) is 9.45. The third-order valence-corrected chi connectivity index (χ3v) is 3.64. The molecule has 0 aliphatic carbocycles. The highest BCUT2D eigenvalue weighted by molar-refractivity contribution is 5.80. The number of carboxylic acids is 1. The monoisotopic (exact) mass is 280 g/mol. The van der Waals surface area contributed by atoms with E-state index in [1.807, 2.05) is 6.92 Å². The standard InChI is InChI=1S/C13H16N2O5/c1-8-5-6-14(12(8)13(16)17)9-3-4-10(15(18)19)11(7-9)20-2/h3-4,7-8,12H,5-6H2,1-2H3,(H,16,17). The fourth-order valence-electron chi connectivity index (χ4n) is 2.61. The molecule has 7 nitrogen and oxygen atoms in total. The quantitative estimate of drug-likeness (QED) is 0.669. The molecule has 1 heterocycles. The lowest BCUT2D eigenvalue weighted by Gasteiger charge is -2.25. The Hall–Kier alpha value is -2.31. The zero-order chi connectivity index (χ0) is 14.9. The molecule has 0 radical (unpaired) electrons. The first-order valence-electron chi connectivity index (χ1n) is 6.27. The number of methoxy groups -OCH3 is 1. The SMILES string of the molecule is COc1cc(N2CCC(C)C2C(=O)O)ccc1[N+](=O)[O-]. The molecule has 20 heavy (non-hydrogen) atoms. The van der Waals surface area contributed by atoms with E-state index in [9.17, 15) is 20.0 Å². The molecule has 0 spiro atoms. The number of ether oxygens (including phenoxy) is 1. The summed E-state index contributed by atoms with van der Waals surface area (Å²) >= 11 is 0. The Bertz CT molecular complexity index is 546. The largest absolute Gasteiger partial charge is 0.490 e. The van der Waals surface area contributed by atoms with Crippen molar-refractivity contribution >= 4 is 17.3 Å². The Morgan fingerprint density at radius 2 is 2.25 bits per heavy atom. The highest BCUT2D eigenvalue weighted by atomic mass is 16.6. The average molecular weight is 280 g/mol. The number of carboxylic acid groups (broad SMARTS) is 1. The van der Waals surface area contributed by atoms with E-state index in [-0.39, 0.29) is 17.4 Å². The van der Waals surface area contributed by atoms with Crippen molar-refractivity contribution in [3.05, 3.63) is 28.3 Å². The van der Waals surface area contributed by atoms with Crippen LogP contribution in [0.3, 0.4) is 0 Å². The summed E-state index contributed by atoms with van der Waals surface area (Å²) in [6.45, 7) is 2.50. The molecule has 2 rings (SSSR count). The predicted molar refractivity (Wildman–Crippen MR) is 72.2 cm³/mol. The van der Waals surface area contributed by atoms with Gasteiger partial charge in [0.1, 0.15) is 6.04 Å². The Balaban J connectivity index is 2.38. The van der Waals surface area contributed by atoms with Crippen LogP contribution in [0.4, 0.5) is 11.4 Å². The van der Waals surface area contributed by atoms with Crippen LogP contribution < -0.4 is 9.64 Å². The smallest absolute Gasteiger partial charge is 0.326 e. The van der Waals surface area contributed by atoms with Gasteiger partial charge in [-0.1, -0.05) is 6.92 Å². The van der Waals surface area contributed by atoms with Crippen LogP contribution in [-0.2, 0) is 4.79 Å². The number of anilines is 1. The van der Waals surface area contributed by atoms with Crippen LogP contribution in [0.2, 0.25) is 0 Å². The summed E-state index contributed by atoms with van der Waals surface area (Å²) in [5, 5.41) is 20.2. The molecule has 1 aromatic carbocycles. The zero-order valence-corrected chi connectivity index (χ0v) is 11.3. The van der Waals surface area contributed by atoms with E-state index in [1.54, 1.807) is 11.0 Å². The van der Waals surface area contributed by atoms with Crippen LogP contribution in [0.5, 0.6) is 5.75 Å². The van der Waals surface area contributed by atoms with Gasteiger partial charge in [-0.15, -0.1) is 0 Å². The third kappa shape index (κ3) is 2.38. The van der Waals surface area contributed by atoms with Crippen molar-refractivity contribution < 1.29 is 19.6 Å². The van der Waals surface area contributed by atoms with Crippen molar-refractivity contribution in [2.45, 2.75) is 19.4 Å². The van der Waals surface area contributed by atoms with Crippen molar-refractivity contribution in [2.75, 3.05) is 18.6 Å². The van der Waals surface area contributed by atoms with Crippen molar-refractivity contribution in [3.63, 3.8) is 0 Å². The number of benzene rings is 1. The molecule has 2 atom stereocenters. The van der Waals surface area contributed by atoms with E-state index in [1.165, 1.54) is 19.2 Å². The van der Waals surface area contributed by atoms with Crippen LogP contribution in [0.1, 0.15) is 13.3 Å². The van der Waals surface area contributed by atoms with Gasteiger partial charge in [0.25, 0.3) is 0 Å². The third-order valence-electron chi connectivity index (χ3n) is 3.64. The summed E-state index contributed by atoms with van der Waals surface area (Å²) in [4.78, 5) is 23.4. The van der Waals surface area contributed by atoms with E-state index in [0.29, 0.717) is 12.2 Å². The van der Waals surface area contributed by atoms with Gasteiger partial charge < -0.3 is 14.7 Å². The molecule has 1 aliphatic heterocycles. The molecule has 1 aromatic rings. The number of carbonyl (C=O) groups is 1. The molecule has 0 bridgehead atoms. The molecular weight excluding hydrogens is 264 g/mol. The Kier molecular flexibility index (Phi) is 3.78. The lowest BCUT2D eigenvalue weighted by molar-refractivity contribution is -0.385. The number of nitrogens with zero attached hydrogens (tertiary/aromatic N) is 2. The van der Waals surface area contributed by atoms with E-state index in [4.69, 9.17) is 4.74 Å². The van der Waals surface area contributed by atoms with Gasteiger partial charge in [-0.3, -0.25) is 10.1 Å². The second-order valence-electron chi connectivity index (χ2n) is 4.86. The molecule has 0 amide bonds. The topological polar surface area (TPSA) is 92.9 Å². The summed E-state index contributed by atoms with van der Waals surface area (Å²) in [6.07, 6.45) is 0.774. The fraction of sp³-hybridized carbons (Fsp3) is 0.462. The van der Waals surface area contributed by atoms with Gasteiger partial charge >= 0.3 is 11.7 Å². The van der Waals surface area contributed by atoms with Gasteiger partial charge in [0.15, 0.2) is 5.75 Å². The number of rotatable bonds is 4. The molecule has 7 heteroatoms. The average Bonchev–Trinajstić information content (AvgIpc) is 2.79. The minimum atomic E-state index is -0.882. The van der Waals surface area contributed by atoms with Crippen LogP contribution in [0.25, 0.3) is 0 Å². The first-order valence-corrected chi connectivity index (χ1v) is 6.27. The zero-order valence-electron chi connectivity index (χ0n) is 11.3. The second-order valence-corrected chi connectivity index (χ2v) is 4.86. The molecular formula is C13H16N2O5. The number of aliphatic carboxylic acids is 1. The molecule has 1 aliphatic rings. The number of hydrogen-bond donors (Lipinski definition) is 1. The second kappa shape index (κ2) is 5.36. The molecule has 108 valence electrons. The van der Waals surface area contributed by atoms with Crippen LogP contribution in [-0.4, -0.2) is 35.7 Å². The molecule has 0 aromatic heterocycles. The summed E-state index contributed by atoms with van der Waals surface area (Å²) < 4.78 is 5.01. The highest BCUT2D eigenvalue weighted by Crippen LogP contribution is 2.35. The summed E-state index contributed by atoms with van der Waals surface area (Å²) in [5.41, 5.74) is 0.500. The summed E-state index contributed by atoms with van der Waals surface area (Å²) in [7, 11) is 1.35.